The van der Waals surface area contributed by atoms with Crippen LogP contribution in [0.25, 0.3) is 0 Å². The minimum absolute atomic E-state index is 0.00954. The largest absolute Gasteiger partial charge is 0.370 e. The van der Waals surface area contributed by atoms with Crippen molar-refractivity contribution in [2.45, 2.75) is 13.0 Å². The zero-order valence-corrected chi connectivity index (χ0v) is 12.2. The first kappa shape index (κ1) is 13.4. The predicted octanol–water partition coefficient (Wildman–Crippen LogP) is 3.33. The van der Waals surface area contributed by atoms with Crippen LogP contribution in [0.5, 0.6) is 0 Å². The number of benzene rings is 1. The Hall–Kier alpha value is -2.62. The quantitative estimate of drug-likeness (QED) is 0.796. The molecule has 0 aliphatic carbocycles. The molecule has 0 saturated heterocycles. The van der Waals surface area contributed by atoms with Gasteiger partial charge in [0.2, 0.25) is 0 Å². The van der Waals surface area contributed by atoms with Gasteiger partial charge in [-0.1, -0.05) is 36.4 Å². The van der Waals surface area contributed by atoms with E-state index in [9.17, 15) is 0 Å². The normalized spacial score (nSPS) is 12.1. The molecule has 0 saturated carbocycles. The lowest BCUT2D eigenvalue weighted by Gasteiger charge is -2.19. The average molecular weight is 278 g/mol. The minimum Gasteiger partial charge on any atom is -0.370 e. The fourth-order valence-corrected chi connectivity index (χ4v) is 2.42. The summed E-state index contributed by atoms with van der Waals surface area (Å²) in [6.07, 6.45) is 3.82. The Labute approximate surface area is 124 Å². The molecular weight excluding hydrogens is 260 g/mol. The van der Waals surface area contributed by atoms with Gasteiger partial charge in [0.05, 0.1) is 23.1 Å². The van der Waals surface area contributed by atoms with E-state index in [2.05, 4.69) is 27.5 Å². The zero-order valence-electron chi connectivity index (χ0n) is 12.2. The van der Waals surface area contributed by atoms with Crippen molar-refractivity contribution in [2.24, 2.45) is 7.05 Å². The van der Waals surface area contributed by atoms with Crippen LogP contribution < -0.4 is 5.32 Å². The Kier molecular flexibility index (Phi) is 3.69. The molecule has 0 radical (unpaired) electrons. The summed E-state index contributed by atoms with van der Waals surface area (Å²) in [7, 11) is 1.93. The SMILES string of the molecule is Cc1nn(C)cc1NC(c1ccccc1)c1ccccn1. The molecule has 1 unspecified atom stereocenters. The van der Waals surface area contributed by atoms with Crippen LogP contribution in [0.4, 0.5) is 5.69 Å². The molecule has 0 spiro atoms. The molecule has 0 aliphatic heterocycles. The van der Waals surface area contributed by atoms with Gasteiger partial charge >= 0.3 is 0 Å². The highest BCUT2D eigenvalue weighted by atomic mass is 15.3. The Bertz CT molecular complexity index is 665. The van der Waals surface area contributed by atoms with Crippen LogP contribution >= 0.6 is 0 Å². The van der Waals surface area contributed by atoms with Crippen molar-refractivity contribution >= 4 is 5.69 Å². The van der Waals surface area contributed by atoms with Crippen molar-refractivity contribution in [3.8, 4) is 0 Å². The highest BCUT2D eigenvalue weighted by Crippen LogP contribution is 2.26. The molecule has 0 aliphatic rings. The molecule has 0 amide bonds. The lowest BCUT2D eigenvalue weighted by Crippen LogP contribution is -2.13. The van der Waals surface area contributed by atoms with Gasteiger partial charge in [0.25, 0.3) is 0 Å². The maximum atomic E-state index is 4.50. The van der Waals surface area contributed by atoms with E-state index in [0.29, 0.717) is 0 Å². The summed E-state index contributed by atoms with van der Waals surface area (Å²) in [5.74, 6) is 0. The maximum Gasteiger partial charge on any atom is 0.0940 e. The highest BCUT2D eigenvalue weighted by molar-refractivity contribution is 5.50. The Morgan fingerprint density at radius 2 is 1.81 bits per heavy atom. The fraction of sp³-hybridized carbons (Fsp3) is 0.176. The van der Waals surface area contributed by atoms with Crippen LogP contribution in [0, 0.1) is 6.92 Å². The fourth-order valence-electron chi connectivity index (χ4n) is 2.42. The Balaban J connectivity index is 1.99. The van der Waals surface area contributed by atoms with Gasteiger partial charge < -0.3 is 5.32 Å². The summed E-state index contributed by atoms with van der Waals surface area (Å²) in [6.45, 7) is 2.00. The Morgan fingerprint density at radius 3 is 2.43 bits per heavy atom. The molecule has 4 heteroatoms. The molecule has 3 rings (SSSR count). The van der Waals surface area contributed by atoms with E-state index in [4.69, 9.17) is 0 Å². The molecule has 4 nitrogen and oxygen atoms in total. The zero-order chi connectivity index (χ0) is 14.7. The van der Waals surface area contributed by atoms with E-state index in [1.807, 2.05) is 67.4 Å². The smallest absolute Gasteiger partial charge is 0.0940 e. The number of hydrogen-bond acceptors (Lipinski definition) is 3. The molecule has 2 heterocycles. The number of hydrogen-bond donors (Lipinski definition) is 1. The summed E-state index contributed by atoms with van der Waals surface area (Å²) in [4.78, 5) is 4.50. The third-order valence-electron chi connectivity index (χ3n) is 3.43. The third kappa shape index (κ3) is 2.94. The molecule has 1 N–H and O–H groups in total. The number of nitrogens with one attached hydrogen (secondary N) is 1. The van der Waals surface area contributed by atoms with E-state index < -0.39 is 0 Å². The second-order valence-corrected chi connectivity index (χ2v) is 5.04. The number of anilines is 1. The van der Waals surface area contributed by atoms with Crippen molar-refractivity contribution in [1.29, 1.82) is 0 Å². The van der Waals surface area contributed by atoms with E-state index in [-0.39, 0.29) is 6.04 Å². The van der Waals surface area contributed by atoms with Crippen molar-refractivity contribution in [3.05, 3.63) is 77.9 Å². The van der Waals surface area contributed by atoms with Crippen LogP contribution in [-0.4, -0.2) is 14.8 Å². The molecule has 1 aromatic carbocycles. The molecule has 0 fully saturated rings. The van der Waals surface area contributed by atoms with Crippen molar-refractivity contribution < 1.29 is 0 Å². The van der Waals surface area contributed by atoms with Crippen molar-refractivity contribution in [2.75, 3.05) is 5.32 Å². The van der Waals surface area contributed by atoms with Gasteiger partial charge in [-0.3, -0.25) is 9.67 Å². The van der Waals surface area contributed by atoms with Crippen LogP contribution in [0.1, 0.15) is 23.0 Å². The summed E-state index contributed by atoms with van der Waals surface area (Å²) in [5, 5.41) is 7.94. The monoisotopic (exact) mass is 278 g/mol. The van der Waals surface area contributed by atoms with E-state index in [1.54, 1.807) is 0 Å². The molecule has 1 atom stereocenters. The summed E-state index contributed by atoms with van der Waals surface area (Å²) in [5.41, 5.74) is 4.18. The topological polar surface area (TPSA) is 42.7 Å². The number of pyridine rings is 1. The van der Waals surface area contributed by atoms with Crippen molar-refractivity contribution in [3.63, 3.8) is 0 Å². The van der Waals surface area contributed by atoms with Crippen LogP contribution in [0.2, 0.25) is 0 Å². The van der Waals surface area contributed by atoms with Gasteiger partial charge in [-0.25, -0.2) is 0 Å². The Morgan fingerprint density at radius 1 is 1.05 bits per heavy atom. The first-order chi connectivity index (χ1) is 10.2. The molecule has 2 aromatic heterocycles. The van der Waals surface area contributed by atoms with Gasteiger partial charge in [-0.05, 0) is 24.6 Å². The van der Waals surface area contributed by atoms with Gasteiger partial charge in [0.1, 0.15) is 0 Å². The first-order valence-electron chi connectivity index (χ1n) is 6.96. The van der Waals surface area contributed by atoms with Crippen LogP contribution in [0.3, 0.4) is 0 Å². The third-order valence-corrected chi connectivity index (χ3v) is 3.43. The summed E-state index contributed by atoms with van der Waals surface area (Å²) in [6, 6.07) is 16.3. The number of aromatic nitrogens is 3. The molecule has 106 valence electrons. The van der Waals surface area contributed by atoms with Crippen molar-refractivity contribution in [1.82, 2.24) is 14.8 Å². The average Bonchev–Trinajstić information content (AvgIpc) is 2.84. The van der Waals surface area contributed by atoms with Crippen LogP contribution in [0.15, 0.2) is 60.9 Å². The summed E-state index contributed by atoms with van der Waals surface area (Å²) >= 11 is 0. The number of nitrogens with zero attached hydrogens (tertiary/aromatic N) is 3. The second-order valence-electron chi connectivity index (χ2n) is 5.04. The first-order valence-corrected chi connectivity index (χ1v) is 6.96. The van der Waals surface area contributed by atoms with E-state index in [0.717, 1.165) is 17.1 Å². The molecule has 0 bridgehead atoms. The lowest BCUT2D eigenvalue weighted by atomic mass is 10.0. The highest BCUT2D eigenvalue weighted by Gasteiger charge is 2.16. The van der Waals surface area contributed by atoms with Gasteiger partial charge in [0.15, 0.2) is 0 Å². The van der Waals surface area contributed by atoms with Crippen LogP contribution in [-0.2, 0) is 7.05 Å². The second kappa shape index (κ2) is 5.79. The lowest BCUT2D eigenvalue weighted by molar-refractivity contribution is 0.756. The number of aryl methyl sites for hydroxylation is 2. The van der Waals surface area contributed by atoms with E-state index >= 15 is 0 Å². The van der Waals surface area contributed by atoms with Gasteiger partial charge in [-0.15, -0.1) is 0 Å². The molecule has 21 heavy (non-hydrogen) atoms. The van der Waals surface area contributed by atoms with E-state index in [1.165, 1.54) is 5.56 Å². The predicted molar refractivity (Wildman–Crippen MR) is 84.1 cm³/mol. The maximum absolute atomic E-state index is 4.50. The minimum atomic E-state index is 0.00954. The summed E-state index contributed by atoms with van der Waals surface area (Å²) < 4.78 is 1.82. The van der Waals surface area contributed by atoms with Gasteiger partial charge in [0, 0.05) is 19.4 Å². The standard InChI is InChI=1S/C17H18N4/c1-13-16(12-21(2)20-13)19-17(14-8-4-3-5-9-14)15-10-6-7-11-18-15/h3-12,17,19H,1-2H3. The van der Waals surface area contributed by atoms with Gasteiger partial charge in [-0.2, -0.15) is 5.10 Å². The molecular formula is C17H18N4. The number of rotatable bonds is 4. The molecule has 3 aromatic rings.